The zero-order valence-electron chi connectivity index (χ0n) is 16.1. The number of fused-ring (bicyclic) bond motifs is 3. The van der Waals surface area contributed by atoms with Crippen LogP contribution in [0.4, 0.5) is 18.9 Å². The van der Waals surface area contributed by atoms with Gasteiger partial charge in [0.25, 0.3) is 0 Å². The number of alkyl halides is 3. The van der Waals surface area contributed by atoms with Crippen LogP contribution in [0.5, 0.6) is 0 Å². The number of carbonyl (C=O) groups excluding carboxylic acids is 1. The molecule has 0 bridgehead atoms. The minimum absolute atomic E-state index is 0.117. The summed E-state index contributed by atoms with van der Waals surface area (Å²) in [5.41, 5.74) is 1.69. The lowest BCUT2D eigenvalue weighted by Crippen LogP contribution is -2.21. The Kier molecular flexibility index (Phi) is 4.21. The highest BCUT2D eigenvalue weighted by atomic mass is 19.4. The molecule has 0 amide bonds. The van der Waals surface area contributed by atoms with E-state index in [0.717, 1.165) is 12.0 Å². The van der Waals surface area contributed by atoms with Gasteiger partial charge < -0.3 is 13.9 Å². The summed E-state index contributed by atoms with van der Waals surface area (Å²) in [4.78, 5) is 12.9. The molecule has 31 heavy (non-hydrogen) atoms. The third-order valence-electron chi connectivity index (χ3n) is 5.24. The smallest absolute Gasteiger partial charge is 0.369 e. The Hall–Kier alpha value is -3.88. The summed E-state index contributed by atoms with van der Waals surface area (Å²) in [6.45, 7) is 0.224. The number of nitrogens with zero attached hydrogens (tertiary/aromatic N) is 3. The minimum Gasteiger partial charge on any atom is -0.369 e. The molecule has 0 saturated carbocycles. The molecule has 2 aromatic carbocycles. The van der Waals surface area contributed by atoms with Crippen LogP contribution in [-0.2, 0) is 12.7 Å². The maximum Gasteiger partial charge on any atom is 0.422 e. The third-order valence-corrected chi connectivity index (χ3v) is 5.24. The normalized spacial score (nSPS) is 13.1. The van der Waals surface area contributed by atoms with Crippen molar-refractivity contribution in [3.63, 3.8) is 0 Å². The molecule has 5 rings (SSSR count). The van der Waals surface area contributed by atoms with E-state index in [0.29, 0.717) is 22.4 Å². The fourth-order valence-electron chi connectivity index (χ4n) is 3.81. The average molecular weight is 425 g/mol. The summed E-state index contributed by atoms with van der Waals surface area (Å²) in [6, 6.07) is 13.0. The Labute approximate surface area is 173 Å². The minimum atomic E-state index is -4.72. The molecule has 0 spiro atoms. The lowest BCUT2D eigenvalue weighted by Gasteiger charge is -2.26. The van der Waals surface area contributed by atoms with Gasteiger partial charge in [0.1, 0.15) is 23.2 Å². The molecule has 2 aromatic heterocycles. The second-order valence-electron chi connectivity index (χ2n) is 7.19. The third kappa shape index (κ3) is 3.00. The van der Waals surface area contributed by atoms with E-state index in [1.165, 1.54) is 12.1 Å². The van der Waals surface area contributed by atoms with Crippen LogP contribution in [0.1, 0.15) is 21.5 Å². The van der Waals surface area contributed by atoms with Gasteiger partial charge in [-0.25, -0.2) is 0 Å². The number of anilines is 1. The molecule has 1 aliphatic rings. The monoisotopic (exact) mass is 425 g/mol. The van der Waals surface area contributed by atoms with Crippen molar-refractivity contribution in [3.05, 3.63) is 65.2 Å². The molecule has 0 saturated heterocycles. The summed E-state index contributed by atoms with van der Waals surface area (Å²) in [5, 5.41) is 7.73. The second kappa shape index (κ2) is 6.83. The van der Waals surface area contributed by atoms with Crippen LogP contribution in [0.25, 0.3) is 34.0 Å². The van der Waals surface area contributed by atoms with E-state index in [-0.39, 0.29) is 23.6 Å². The van der Waals surface area contributed by atoms with E-state index >= 15 is 0 Å². The first-order chi connectivity index (χ1) is 14.9. The molecule has 9 heteroatoms. The van der Waals surface area contributed by atoms with Crippen LogP contribution in [-0.4, -0.2) is 23.6 Å². The van der Waals surface area contributed by atoms with Gasteiger partial charge in [0, 0.05) is 36.0 Å². The number of hydrogen-bond acceptors (Lipinski definition) is 6. The number of rotatable bonds is 3. The zero-order chi connectivity index (χ0) is 21.8. The Balaban J connectivity index is 1.70. The van der Waals surface area contributed by atoms with Crippen molar-refractivity contribution < 1.29 is 27.0 Å². The Bertz CT molecular complexity index is 1290. The predicted molar refractivity (Wildman–Crippen MR) is 105 cm³/mol. The molecule has 0 aliphatic carbocycles. The van der Waals surface area contributed by atoms with Crippen molar-refractivity contribution in [1.29, 1.82) is 0 Å². The van der Waals surface area contributed by atoms with Gasteiger partial charge in [-0.3, -0.25) is 4.79 Å². The van der Waals surface area contributed by atoms with Crippen molar-refractivity contribution in [3.8, 4) is 34.0 Å². The van der Waals surface area contributed by atoms with Crippen molar-refractivity contribution in [2.45, 2.75) is 12.7 Å². The molecule has 0 atom stereocenters. The molecule has 0 radical (unpaired) electrons. The highest BCUT2D eigenvalue weighted by molar-refractivity contribution is 5.89. The maximum atomic E-state index is 14.0. The van der Waals surface area contributed by atoms with Crippen LogP contribution < -0.4 is 4.90 Å². The van der Waals surface area contributed by atoms with Crippen LogP contribution in [0.15, 0.2) is 57.6 Å². The molecular formula is C22H14F3N3O3. The zero-order valence-corrected chi connectivity index (χ0v) is 16.1. The molecule has 4 aromatic rings. The first-order valence-corrected chi connectivity index (χ1v) is 9.30. The van der Waals surface area contributed by atoms with Crippen LogP contribution in [0, 0.1) is 0 Å². The van der Waals surface area contributed by atoms with Crippen molar-refractivity contribution in [2.75, 3.05) is 11.9 Å². The Morgan fingerprint density at radius 3 is 2.42 bits per heavy atom. The fourth-order valence-corrected chi connectivity index (χ4v) is 3.81. The molecule has 6 nitrogen and oxygen atoms in total. The maximum absolute atomic E-state index is 14.0. The molecule has 1 aliphatic heterocycles. The van der Waals surface area contributed by atoms with Gasteiger partial charge in [-0.1, -0.05) is 46.7 Å². The van der Waals surface area contributed by atoms with Gasteiger partial charge in [0.15, 0.2) is 0 Å². The molecule has 0 fully saturated rings. The summed E-state index contributed by atoms with van der Waals surface area (Å²) < 4.78 is 52.7. The predicted octanol–water partition coefficient (Wildman–Crippen LogP) is 5.44. The van der Waals surface area contributed by atoms with Gasteiger partial charge >= 0.3 is 6.18 Å². The Morgan fingerprint density at radius 2 is 1.71 bits per heavy atom. The number of hydrogen-bond donors (Lipinski definition) is 0. The van der Waals surface area contributed by atoms with Crippen LogP contribution in [0.2, 0.25) is 0 Å². The lowest BCUT2D eigenvalue weighted by molar-refractivity contribution is -0.136. The fraction of sp³-hybridized carbons (Fsp3) is 0.136. The molecule has 0 N–H and O–H groups in total. The average Bonchev–Trinajstić information content (AvgIpc) is 3.38. The van der Waals surface area contributed by atoms with E-state index in [1.807, 2.05) is 4.90 Å². The summed E-state index contributed by atoms with van der Waals surface area (Å²) in [5.74, 6) is -0.629. The summed E-state index contributed by atoms with van der Waals surface area (Å²) >= 11 is 0. The first-order valence-electron chi connectivity index (χ1n) is 9.30. The molecule has 156 valence electrons. The van der Waals surface area contributed by atoms with Crippen LogP contribution in [0.3, 0.4) is 0 Å². The number of aromatic nitrogens is 2. The quantitative estimate of drug-likeness (QED) is 0.407. The van der Waals surface area contributed by atoms with Gasteiger partial charge in [-0.05, 0) is 12.1 Å². The van der Waals surface area contributed by atoms with Gasteiger partial charge in [-0.15, -0.1) is 0 Å². The van der Waals surface area contributed by atoms with Crippen molar-refractivity contribution in [2.24, 2.45) is 0 Å². The van der Waals surface area contributed by atoms with Gasteiger partial charge in [0.05, 0.1) is 5.56 Å². The largest absolute Gasteiger partial charge is 0.422 e. The highest BCUT2D eigenvalue weighted by Crippen LogP contribution is 2.47. The standard InChI is InChI=1S/C22H14F3N3O3/c1-28-10-15-19(14-8-7-12(11-29)9-16(14)28)27-30-20(15)21-17(22(23,24)25)18(26-31-21)13-5-3-2-4-6-13/h2-9,11H,10H2,1H3. The van der Waals surface area contributed by atoms with Crippen molar-refractivity contribution >= 4 is 12.0 Å². The number of halogens is 3. The van der Waals surface area contributed by atoms with E-state index in [4.69, 9.17) is 9.05 Å². The molecule has 0 unspecified atom stereocenters. The number of carbonyl (C=O) groups is 1. The summed E-state index contributed by atoms with van der Waals surface area (Å²) in [6.07, 6.45) is -4.00. The first kappa shape index (κ1) is 19.1. The van der Waals surface area contributed by atoms with E-state index in [1.54, 1.807) is 43.4 Å². The lowest BCUT2D eigenvalue weighted by atomic mass is 9.95. The Morgan fingerprint density at radius 1 is 1.00 bits per heavy atom. The summed E-state index contributed by atoms with van der Waals surface area (Å²) in [7, 11) is 1.77. The number of aldehydes is 1. The highest BCUT2D eigenvalue weighted by Gasteiger charge is 2.43. The SMILES string of the molecule is CN1Cc2c(noc2-c2onc(-c3ccccc3)c2C(F)(F)F)-c2ccc(C=O)cc21. The number of benzene rings is 2. The van der Waals surface area contributed by atoms with Gasteiger partial charge in [-0.2, -0.15) is 13.2 Å². The van der Waals surface area contributed by atoms with Gasteiger partial charge in [0.2, 0.25) is 11.5 Å². The molecule has 3 heterocycles. The second-order valence-corrected chi connectivity index (χ2v) is 7.19. The molecular weight excluding hydrogens is 411 g/mol. The van der Waals surface area contributed by atoms with Crippen molar-refractivity contribution in [1.82, 2.24) is 10.3 Å². The van der Waals surface area contributed by atoms with Crippen LogP contribution >= 0.6 is 0 Å². The van der Waals surface area contributed by atoms with E-state index in [2.05, 4.69) is 10.3 Å². The van der Waals surface area contributed by atoms with E-state index < -0.39 is 17.5 Å². The topological polar surface area (TPSA) is 72.4 Å². The van der Waals surface area contributed by atoms with E-state index in [9.17, 15) is 18.0 Å².